The minimum Gasteiger partial charge on any atom is -0.457 e. The van der Waals surface area contributed by atoms with E-state index in [1.165, 1.54) is 0 Å². The molecule has 6 aromatic rings. The van der Waals surface area contributed by atoms with Crippen LogP contribution in [0.2, 0.25) is 0 Å². The van der Waals surface area contributed by atoms with Gasteiger partial charge in [0.25, 0.3) is 0 Å². The molecule has 32 heavy (non-hydrogen) atoms. The number of rotatable bonds is 4. The summed E-state index contributed by atoms with van der Waals surface area (Å²) >= 11 is 0. The highest BCUT2D eigenvalue weighted by atomic mass is 16.5. The molecule has 0 saturated carbocycles. The highest BCUT2D eigenvalue weighted by Crippen LogP contribution is 2.33. The summed E-state index contributed by atoms with van der Waals surface area (Å²) in [5.74, 6) is 2.59. The molecule has 3 aromatic carbocycles. The molecule has 0 aliphatic rings. The van der Waals surface area contributed by atoms with Crippen molar-refractivity contribution in [1.29, 1.82) is 0 Å². The molecule has 0 amide bonds. The number of aryl methyl sites for hydroxylation is 1. The molecule has 0 aliphatic carbocycles. The molecule has 0 atom stereocenters. The monoisotopic (exact) mass is 418 g/mol. The number of nitrogens with zero attached hydrogens (tertiary/aromatic N) is 4. The van der Waals surface area contributed by atoms with Crippen LogP contribution in [-0.2, 0) is 0 Å². The highest BCUT2D eigenvalue weighted by Gasteiger charge is 2.11. The third kappa shape index (κ3) is 3.18. The molecule has 3 aromatic heterocycles. The lowest BCUT2D eigenvalue weighted by molar-refractivity contribution is 0.449. The summed E-state index contributed by atoms with van der Waals surface area (Å²) < 4.78 is 13.9. The van der Waals surface area contributed by atoms with E-state index in [1.807, 2.05) is 72.1 Å². The molecule has 0 saturated heterocycles. The predicted octanol–water partition coefficient (Wildman–Crippen LogP) is 6.32. The SMILES string of the molecule is Cc1ccnc(Oc2cccc(Oc3ccc4c5ccccc5n5ncnc5c4c3)c2)c1. The van der Waals surface area contributed by atoms with Crippen LogP contribution in [0.3, 0.4) is 0 Å². The van der Waals surface area contributed by atoms with Crippen molar-refractivity contribution in [3.63, 3.8) is 0 Å². The van der Waals surface area contributed by atoms with E-state index in [0.717, 1.165) is 32.9 Å². The Morgan fingerprint density at radius 3 is 2.44 bits per heavy atom. The van der Waals surface area contributed by atoms with Crippen LogP contribution < -0.4 is 9.47 Å². The highest BCUT2D eigenvalue weighted by molar-refractivity contribution is 6.11. The van der Waals surface area contributed by atoms with Gasteiger partial charge in [0.2, 0.25) is 5.88 Å². The van der Waals surface area contributed by atoms with Gasteiger partial charge in [-0.05, 0) is 60.3 Å². The maximum Gasteiger partial charge on any atom is 0.219 e. The van der Waals surface area contributed by atoms with Crippen molar-refractivity contribution >= 4 is 27.3 Å². The number of para-hydroxylation sites is 1. The molecule has 0 radical (unpaired) electrons. The Hall–Kier alpha value is -4.45. The third-order valence-electron chi connectivity index (χ3n) is 5.36. The minimum absolute atomic E-state index is 0.550. The maximum atomic E-state index is 6.17. The first-order valence-corrected chi connectivity index (χ1v) is 10.3. The standard InChI is InChI=1S/C26H18N4O2/c1-17-11-12-27-25(13-17)32-19-6-4-5-18(14-19)31-20-9-10-21-22-7-2-3-8-24(22)30-26(23(21)15-20)28-16-29-30/h2-16H,1H3. The molecule has 0 fully saturated rings. The Labute approximate surface area is 183 Å². The predicted molar refractivity (Wildman–Crippen MR) is 124 cm³/mol. The van der Waals surface area contributed by atoms with Gasteiger partial charge in [0, 0.05) is 29.1 Å². The van der Waals surface area contributed by atoms with Crippen LogP contribution in [0.25, 0.3) is 27.3 Å². The number of aromatic nitrogens is 4. The van der Waals surface area contributed by atoms with Gasteiger partial charge in [0.15, 0.2) is 5.65 Å². The van der Waals surface area contributed by atoms with Gasteiger partial charge in [-0.15, -0.1) is 0 Å². The molecule has 0 aliphatic heterocycles. The second kappa shape index (κ2) is 7.35. The summed E-state index contributed by atoms with van der Waals surface area (Å²) in [6.45, 7) is 2.00. The van der Waals surface area contributed by atoms with Gasteiger partial charge in [-0.25, -0.2) is 14.5 Å². The largest absolute Gasteiger partial charge is 0.457 e. The zero-order chi connectivity index (χ0) is 21.5. The van der Waals surface area contributed by atoms with Gasteiger partial charge in [0.1, 0.15) is 23.6 Å². The number of pyridine rings is 2. The average molecular weight is 418 g/mol. The summed E-state index contributed by atoms with van der Waals surface area (Å²) in [6.07, 6.45) is 3.31. The lowest BCUT2D eigenvalue weighted by Gasteiger charge is -2.11. The van der Waals surface area contributed by atoms with Gasteiger partial charge in [0.05, 0.1) is 5.52 Å². The molecular formula is C26H18N4O2. The molecule has 0 bridgehead atoms. The number of hydrogen-bond acceptors (Lipinski definition) is 5. The Morgan fingerprint density at radius 1 is 0.688 bits per heavy atom. The maximum absolute atomic E-state index is 6.17. The Morgan fingerprint density at radius 2 is 1.53 bits per heavy atom. The molecule has 6 nitrogen and oxygen atoms in total. The van der Waals surface area contributed by atoms with E-state index >= 15 is 0 Å². The summed E-state index contributed by atoms with van der Waals surface area (Å²) in [4.78, 5) is 8.74. The topological polar surface area (TPSA) is 61.5 Å². The molecule has 154 valence electrons. The summed E-state index contributed by atoms with van der Waals surface area (Å²) in [6, 6.07) is 25.6. The summed E-state index contributed by atoms with van der Waals surface area (Å²) in [7, 11) is 0. The van der Waals surface area contributed by atoms with Gasteiger partial charge < -0.3 is 9.47 Å². The summed E-state index contributed by atoms with van der Waals surface area (Å²) in [5.41, 5.74) is 2.91. The van der Waals surface area contributed by atoms with Gasteiger partial charge in [-0.2, -0.15) is 5.10 Å². The fourth-order valence-corrected chi connectivity index (χ4v) is 3.92. The van der Waals surface area contributed by atoms with Gasteiger partial charge in [-0.3, -0.25) is 0 Å². The van der Waals surface area contributed by atoms with E-state index in [9.17, 15) is 0 Å². The molecule has 6 rings (SSSR count). The van der Waals surface area contributed by atoms with E-state index in [1.54, 1.807) is 12.5 Å². The molecular weight excluding hydrogens is 400 g/mol. The minimum atomic E-state index is 0.550. The summed E-state index contributed by atoms with van der Waals surface area (Å²) in [5, 5.41) is 7.62. The van der Waals surface area contributed by atoms with Crippen molar-refractivity contribution < 1.29 is 9.47 Å². The molecule has 6 heteroatoms. The van der Waals surface area contributed by atoms with Crippen molar-refractivity contribution in [2.75, 3.05) is 0 Å². The van der Waals surface area contributed by atoms with Crippen molar-refractivity contribution in [2.45, 2.75) is 6.92 Å². The van der Waals surface area contributed by atoms with Crippen molar-refractivity contribution in [2.24, 2.45) is 0 Å². The van der Waals surface area contributed by atoms with Gasteiger partial charge in [-0.1, -0.05) is 24.3 Å². The average Bonchev–Trinajstić information content (AvgIpc) is 3.30. The van der Waals surface area contributed by atoms with Crippen molar-refractivity contribution in [3.8, 4) is 23.1 Å². The molecule has 0 spiro atoms. The fraction of sp³-hybridized carbons (Fsp3) is 0.0385. The van der Waals surface area contributed by atoms with E-state index in [4.69, 9.17) is 9.47 Å². The third-order valence-corrected chi connectivity index (χ3v) is 5.36. The zero-order valence-corrected chi connectivity index (χ0v) is 17.3. The van der Waals surface area contributed by atoms with Crippen LogP contribution in [0.4, 0.5) is 0 Å². The van der Waals surface area contributed by atoms with Crippen LogP contribution >= 0.6 is 0 Å². The number of benzene rings is 3. The van der Waals surface area contributed by atoms with Crippen LogP contribution in [0, 0.1) is 6.92 Å². The first-order chi connectivity index (χ1) is 15.7. The van der Waals surface area contributed by atoms with Crippen LogP contribution in [-0.4, -0.2) is 19.6 Å². The molecule has 3 heterocycles. The molecule has 0 unspecified atom stereocenters. The Balaban J connectivity index is 1.38. The normalized spacial score (nSPS) is 11.3. The second-order valence-corrected chi connectivity index (χ2v) is 7.57. The lowest BCUT2D eigenvalue weighted by atomic mass is 10.1. The van der Waals surface area contributed by atoms with E-state index in [2.05, 4.69) is 33.3 Å². The van der Waals surface area contributed by atoms with Crippen molar-refractivity contribution in [3.05, 3.63) is 97.0 Å². The van der Waals surface area contributed by atoms with Crippen LogP contribution in [0.5, 0.6) is 23.1 Å². The quantitative estimate of drug-likeness (QED) is 0.313. The van der Waals surface area contributed by atoms with E-state index < -0.39 is 0 Å². The van der Waals surface area contributed by atoms with E-state index in [0.29, 0.717) is 23.1 Å². The lowest BCUT2D eigenvalue weighted by Crippen LogP contribution is -1.93. The number of hydrogen-bond donors (Lipinski definition) is 0. The first-order valence-electron chi connectivity index (χ1n) is 10.3. The molecule has 0 N–H and O–H groups in total. The van der Waals surface area contributed by atoms with Crippen LogP contribution in [0.1, 0.15) is 5.56 Å². The van der Waals surface area contributed by atoms with E-state index in [-0.39, 0.29) is 0 Å². The van der Waals surface area contributed by atoms with Crippen molar-refractivity contribution in [1.82, 2.24) is 19.6 Å². The second-order valence-electron chi connectivity index (χ2n) is 7.57. The zero-order valence-electron chi connectivity index (χ0n) is 17.3. The first kappa shape index (κ1) is 18.3. The Bertz CT molecular complexity index is 1610. The number of fused-ring (bicyclic) bond motifs is 6. The smallest absolute Gasteiger partial charge is 0.219 e. The fourth-order valence-electron chi connectivity index (χ4n) is 3.92. The number of ether oxygens (including phenoxy) is 2. The Kier molecular flexibility index (Phi) is 4.21. The van der Waals surface area contributed by atoms with Gasteiger partial charge >= 0.3 is 0 Å². The van der Waals surface area contributed by atoms with Crippen LogP contribution in [0.15, 0.2) is 91.4 Å².